The number of carbonyl (C=O) groups is 1. The number of hydrogen-bond acceptors (Lipinski definition) is 3. The number of fused-ring (bicyclic) bond motifs is 1. The lowest BCUT2D eigenvalue weighted by molar-refractivity contribution is -0.134. The Morgan fingerprint density at radius 2 is 2.11 bits per heavy atom. The second kappa shape index (κ2) is 4.32. The van der Waals surface area contributed by atoms with Crippen molar-refractivity contribution in [1.29, 1.82) is 0 Å². The molecule has 1 heterocycles. The van der Waals surface area contributed by atoms with Crippen molar-refractivity contribution in [3.63, 3.8) is 0 Å². The first-order valence-electron chi connectivity index (χ1n) is 5.05. The molecule has 0 aliphatic carbocycles. The summed E-state index contributed by atoms with van der Waals surface area (Å²) in [6, 6.07) is 4.23. The van der Waals surface area contributed by atoms with Crippen molar-refractivity contribution in [2.45, 2.75) is 19.0 Å². The highest BCUT2D eigenvalue weighted by Crippen LogP contribution is 2.25. The lowest BCUT2D eigenvalue weighted by Crippen LogP contribution is -2.08. The van der Waals surface area contributed by atoms with Gasteiger partial charge in [0.1, 0.15) is 5.52 Å². The number of rotatable bonds is 3. The molecule has 18 heavy (non-hydrogen) atoms. The largest absolute Gasteiger partial charge is 0.478 e. The number of carboxylic acid groups (broad SMARTS) is 1. The number of aromatic carboxylic acids is 1. The van der Waals surface area contributed by atoms with E-state index < -0.39 is 25.0 Å². The van der Waals surface area contributed by atoms with Crippen LogP contribution >= 0.6 is 0 Å². The maximum Gasteiger partial charge on any atom is 0.389 e. The van der Waals surface area contributed by atoms with Gasteiger partial charge in [0.05, 0.1) is 12.0 Å². The highest BCUT2D eigenvalue weighted by molar-refractivity contribution is 6.00. The molecule has 0 aliphatic rings. The first-order chi connectivity index (χ1) is 8.37. The number of benzene rings is 1. The van der Waals surface area contributed by atoms with Gasteiger partial charge < -0.3 is 9.52 Å². The monoisotopic (exact) mass is 259 g/mol. The SMILES string of the molecule is O=C(O)c1cccc2oc(CCC(F)(F)F)nc12. The molecule has 7 heteroatoms. The average Bonchev–Trinajstić information content (AvgIpc) is 2.67. The Hall–Kier alpha value is -2.05. The van der Waals surface area contributed by atoms with Gasteiger partial charge in [-0.25, -0.2) is 9.78 Å². The van der Waals surface area contributed by atoms with Gasteiger partial charge in [0.25, 0.3) is 0 Å². The molecule has 0 aliphatic heterocycles. The molecule has 0 amide bonds. The molecule has 4 nitrogen and oxygen atoms in total. The van der Waals surface area contributed by atoms with E-state index in [1.165, 1.54) is 18.2 Å². The number of carboxylic acids is 1. The van der Waals surface area contributed by atoms with Crippen molar-refractivity contribution in [3.05, 3.63) is 29.7 Å². The van der Waals surface area contributed by atoms with Crippen molar-refractivity contribution in [1.82, 2.24) is 4.98 Å². The fraction of sp³-hybridized carbons (Fsp3) is 0.273. The molecule has 0 atom stereocenters. The van der Waals surface area contributed by atoms with E-state index >= 15 is 0 Å². The summed E-state index contributed by atoms with van der Waals surface area (Å²) in [7, 11) is 0. The van der Waals surface area contributed by atoms with Gasteiger partial charge in [-0.05, 0) is 12.1 Å². The van der Waals surface area contributed by atoms with Crippen molar-refractivity contribution in [2.24, 2.45) is 0 Å². The minimum atomic E-state index is -4.30. The van der Waals surface area contributed by atoms with E-state index in [0.29, 0.717) is 0 Å². The Labute approximate surface area is 99.0 Å². The number of alkyl halides is 3. The van der Waals surface area contributed by atoms with Crippen LogP contribution in [0.5, 0.6) is 0 Å². The molecule has 0 saturated heterocycles. The number of aryl methyl sites for hydroxylation is 1. The standard InChI is InChI=1S/C11H8F3NO3/c12-11(13,14)5-4-8-15-9-6(10(16)17)2-1-3-7(9)18-8/h1-3H,4-5H2,(H,16,17). The Morgan fingerprint density at radius 1 is 1.39 bits per heavy atom. The molecule has 0 fully saturated rings. The molecule has 1 aromatic carbocycles. The molecule has 2 aromatic rings. The van der Waals surface area contributed by atoms with Gasteiger partial charge in [0.2, 0.25) is 0 Å². The maximum atomic E-state index is 12.0. The lowest BCUT2D eigenvalue weighted by Gasteiger charge is -2.02. The van der Waals surface area contributed by atoms with Crippen LogP contribution in [0.1, 0.15) is 22.7 Å². The molecule has 0 unspecified atom stereocenters. The molecule has 0 radical (unpaired) electrons. The van der Waals surface area contributed by atoms with Gasteiger partial charge in [-0.15, -0.1) is 0 Å². The Bertz CT molecular complexity index is 589. The van der Waals surface area contributed by atoms with Gasteiger partial charge in [0.15, 0.2) is 11.5 Å². The van der Waals surface area contributed by atoms with E-state index in [-0.39, 0.29) is 22.6 Å². The quantitative estimate of drug-likeness (QED) is 0.920. The molecule has 0 bridgehead atoms. The topological polar surface area (TPSA) is 63.3 Å². The fourth-order valence-corrected chi connectivity index (χ4v) is 1.52. The van der Waals surface area contributed by atoms with Gasteiger partial charge >= 0.3 is 12.1 Å². The third-order valence-electron chi connectivity index (χ3n) is 2.32. The second-order valence-corrected chi connectivity index (χ2v) is 3.68. The van der Waals surface area contributed by atoms with E-state index in [1.807, 2.05) is 0 Å². The zero-order valence-corrected chi connectivity index (χ0v) is 8.99. The van der Waals surface area contributed by atoms with E-state index in [4.69, 9.17) is 9.52 Å². The first kappa shape index (κ1) is 12.4. The predicted molar refractivity (Wildman–Crippen MR) is 55.3 cm³/mol. The van der Waals surface area contributed by atoms with Crippen molar-refractivity contribution in [2.75, 3.05) is 0 Å². The van der Waals surface area contributed by atoms with Gasteiger partial charge in [-0.3, -0.25) is 0 Å². The molecule has 1 N–H and O–H groups in total. The number of halogens is 3. The summed E-state index contributed by atoms with van der Waals surface area (Å²) in [5.74, 6) is -1.31. The highest BCUT2D eigenvalue weighted by Gasteiger charge is 2.28. The summed E-state index contributed by atoms with van der Waals surface area (Å²) in [5.41, 5.74) is 0.156. The van der Waals surface area contributed by atoms with Crippen LogP contribution in [0.25, 0.3) is 11.1 Å². The van der Waals surface area contributed by atoms with Crippen LogP contribution in [0, 0.1) is 0 Å². The third kappa shape index (κ3) is 2.61. The number of aromatic nitrogens is 1. The highest BCUT2D eigenvalue weighted by atomic mass is 19.4. The summed E-state index contributed by atoms with van der Waals surface area (Å²) in [6.07, 6.45) is -5.75. The molecular weight excluding hydrogens is 251 g/mol. The molecule has 0 spiro atoms. The minimum Gasteiger partial charge on any atom is -0.478 e. The molecule has 96 valence electrons. The predicted octanol–water partition coefficient (Wildman–Crippen LogP) is 3.02. The van der Waals surface area contributed by atoms with Gasteiger partial charge in [-0.2, -0.15) is 13.2 Å². The zero-order chi connectivity index (χ0) is 13.3. The van der Waals surface area contributed by atoms with Crippen LogP contribution < -0.4 is 0 Å². The van der Waals surface area contributed by atoms with E-state index in [1.54, 1.807) is 0 Å². The van der Waals surface area contributed by atoms with Crippen LogP contribution in [0.4, 0.5) is 13.2 Å². The van der Waals surface area contributed by atoms with Crippen LogP contribution in [0.2, 0.25) is 0 Å². The molecule has 2 rings (SSSR count). The van der Waals surface area contributed by atoms with E-state index in [2.05, 4.69) is 4.98 Å². The van der Waals surface area contributed by atoms with Gasteiger partial charge in [0, 0.05) is 6.42 Å². The summed E-state index contributed by atoms with van der Waals surface area (Å²) >= 11 is 0. The van der Waals surface area contributed by atoms with Crippen molar-refractivity contribution in [3.8, 4) is 0 Å². The molecule has 0 saturated carbocycles. The average molecular weight is 259 g/mol. The third-order valence-corrected chi connectivity index (χ3v) is 2.32. The normalized spacial score (nSPS) is 11.9. The second-order valence-electron chi connectivity index (χ2n) is 3.68. The zero-order valence-electron chi connectivity index (χ0n) is 8.99. The Balaban J connectivity index is 2.33. The lowest BCUT2D eigenvalue weighted by atomic mass is 10.2. The summed E-state index contributed by atoms with van der Waals surface area (Å²) in [4.78, 5) is 14.7. The number of para-hydroxylation sites is 1. The summed E-state index contributed by atoms with van der Waals surface area (Å²) in [6.45, 7) is 0. The van der Waals surface area contributed by atoms with E-state index in [9.17, 15) is 18.0 Å². The number of oxazole rings is 1. The van der Waals surface area contributed by atoms with E-state index in [0.717, 1.165) is 0 Å². The van der Waals surface area contributed by atoms with Crippen LogP contribution in [0.3, 0.4) is 0 Å². The van der Waals surface area contributed by atoms with Crippen LogP contribution in [0.15, 0.2) is 22.6 Å². The molecular formula is C11H8F3NO3. The Kier molecular flexibility index (Phi) is 2.98. The maximum absolute atomic E-state index is 12.0. The fourth-order valence-electron chi connectivity index (χ4n) is 1.52. The van der Waals surface area contributed by atoms with Crippen LogP contribution in [-0.2, 0) is 6.42 Å². The smallest absolute Gasteiger partial charge is 0.389 e. The van der Waals surface area contributed by atoms with Crippen molar-refractivity contribution < 1.29 is 27.5 Å². The Morgan fingerprint density at radius 3 is 2.72 bits per heavy atom. The van der Waals surface area contributed by atoms with Crippen molar-refractivity contribution >= 4 is 17.1 Å². The van der Waals surface area contributed by atoms with Crippen LogP contribution in [-0.4, -0.2) is 22.2 Å². The first-order valence-corrected chi connectivity index (χ1v) is 5.05. The van der Waals surface area contributed by atoms with Gasteiger partial charge in [-0.1, -0.05) is 6.07 Å². The minimum absolute atomic E-state index is 0.0715. The number of hydrogen-bond donors (Lipinski definition) is 1. The summed E-state index contributed by atoms with van der Waals surface area (Å²) in [5, 5.41) is 8.89. The summed E-state index contributed by atoms with van der Waals surface area (Å²) < 4.78 is 41.2. The molecule has 1 aromatic heterocycles. The number of nitrogens with zero attached hydrogens (tertiary/aromatic N) is 1.